The lowest BCUT2D eigenvalue weighted by Gasteiger charge is -2.11. The summed E-state index contributed by atoms with van der Waals surface area (Å²) in [7, 11) is 6.24. The number of hydrogen-bond donors (Lipinski definition) is 0. The van der Waals surface area contributed by atoms with E-state index in [1.54, 1.807) is 0 Å². The molecule has 4 rings (SSSR count). The first-order valence-corrected chi connectivity index (χ1v) is 12.0. The lowest BCUT2D eigenvalue weighted by molar-refractivity contribution is -0.662. The fourth-order valence-corrected chi connectivity index (χ4v) is 4.14. The second kappa shape index (κ2) is 9.85. The quantitative estimate of drug-likeness (QED) is 0.233. The van der Waals surface area contributed by atoms with Gasteiger partial charge < -0.3 is 4.90 Å². The van der Waals surface area contributed by atoms with Crippen LogP contribution in [-0.2, 0) is 7.05 Å². The third-order valence-corrected chi connectivity index (χ3v) is 6.58. The van der Waals surface area contributed by atoms with Gasteiger partial charge in [-0.15, -0.1) is 0 Å². The SMILES string of the molecule is CN(C)c1ccc(C=Cc2cc(-c3ccc(Br)cc3)cc(-c3ccc(Br)cc3)[n+]2C)cc1. The van der Waals surface area contributed by atoms with Crippen molar-refractivity contribution in [3.8, 4) is 22.4 Å². The highest BCUT2D eigenvalue weighted by Crippen LogP contribution is 2.28. The molecule has 0 atom stereocenters. The maximum Gasteiger partial charge on any atom is 0.213 e. The maximum absolute atomic E-state index is 3.55. The Balaban J connectivity index is 1.79. The van der Waals surface area contributed by atoms with E-state index in [0.717, 1.165) is 14.6 Å². The van der Waals surface area contributed by atoms with Gasteiger partial charge in [-0.25, -0.2) is 0 Å². The van der Waals surface area contributed by atoms with E-state index in [2.05, 4.69) is 160 Å². The van der Waals surface area contributed by atoms with Crippen LogP contribution in [0.2, 0.25) is 0 Å². The van der Waals surface area contributed by atoms with E-state index in [1.807, 2.05) is 0 Å². The molecule has 0 amide bonds. The smallest absolute Gasteiger partial charge is 0.213 e. The topological polar surface area (TPSA) is 7.12 Å². The molecule has 0 aliphatic carbocycles. The average molecular weight is 549 g/mol. The summed E-state index contributed by atoms with van der Waals surface area (Å²) >= 11 is 7.09. The Kier molecular flexibility index (Phi) is 6.92. The average Bonchev–Trinajstić information content (AvgIpc) is 2.80. The first-order valence-electron chi connectivity index (χ1n) is 10.4. The molecule has 0 aliphatic rings. The lowest BCUT2D eigenvalue weighted by Crippen LogP contribution is -2.34. The van der Waals surface area contributed by atoms with Crippen LogP contribution in [0.25, 0.3) is 34.5 Å². The zero-order valence-corrected chi connectivity index (χ0v) is 21.6. The molecule has 0 unspecified atom stereocenters. The Labute approximate surface area is 207 Å². The third-order valence-electron chi connectivity index (χ3n) is 5.52. The van der Waals surface area contributed by atoms with Crippen molar-refractivity contribution in [2.45, 2.75) is 0 Å². The zero-order valence-electron chi connectivity index (χ0n) is 18.4. The third kappa shape index (κ3) is 5.20. The molecule has 1 aromatic heterocycles. The molecule has 0 N–H and O–H groups in total. The molecule has 32 heavy (non-hydrogen) atoms. The van der Waals surface area contributed by atoms with Crippen molar-refractivity contribution < 1.29 is 4.57 Å². The summed E-state index contributed by atoms with van der Waals surface area (Å²) in [4.78, 5) is 2.11. The molecular weight excluding hydrogens is 524 g/mol. The molecule has 3 aromatic carbocycles. The summed E-state index contributed by atoms with van der Waals surface area (Å²) in [5.74, 6) is 0. The van der Waals surface area contributed by atoms with Gasteiger partial charge in [0, 0.05) is 52.5 Å². The van der Waals surface area contributed by atoms with Gasteiger partial charge in [-0.2, -0.15) is 4.57 Å². The molecular formula is C28H25Br2N2+. The van der Waals surface area contributed by atoms with Gasteiger partial charge in [-0.1, -0.05) is 56.1 Å². The largest absolute Gasteiger partial charge is 0.378 e. The van der Waals surface area contributed by atoms with Gasteiger partial charge in [0.25, 0.3) is 0 Å². The van der Waals surface area contributed by atoms with Crippen LogP contribution < -0.4 is 9.47 Å². The van der Waals surface area contributed by atoms with Gasteiger partial charge in [0.15, 0.2) is 0 Å². The molecule has 0 fully saturated rings. The van der Waals surface area contributed by atoms with E-state index in [9.17, 15) is 0 Å². The summed E-state index contributed by atoms with van der Waals surface area (Å²) in [5, 5.41) is 0. The number of benzene rings is 3. The van der Waals surface area contributed by atoms with Crippen LogP contribution in [0.15, 0.2) is 93.9 Å². The molecule has 0 saturated carbocycles. The number of anilines is 1. The van der Waals surface area contributed by atoms with E-state index >= 15 is 0 Å². The minimum atomic E-state index is 1.08. The second-order valence-electron chi connectivity index (χ2n) is 7.95. The van der Waals surface area contributed by atoms with Gasteiger partial charge in [-0.05, 0) is 71.3 Å². The molecule has 2 nitrogen and oxygen atoms in total. The zero-order chi connectivity index (χ0) is 22.7. The fraction of sp³-hybridized carbons (Fsp3) is 0.107. The monoisotopic (exact) mass is 547 g/mol. The van der Waals surface area contributed by atoms with Crippen molar-refractivity contribution in [3.05, 3.63) is 105 Å². The van der Waals surface area contributed by atoms with Crippen LogP contribution in [0.3, 0.4) is 0 Å². The Hall–Kier alpha value is -2.69. The number of halogens is 2. The number of rotatable bonds is 5. The van der Waals surface area contributed by atoms with Crippen LogP contribution in [0.4, 0.5) is 5.69 Å². The summed E-state index contributed by atoms with van der Waals surface area (Å²) in [6, 6.07) is 30.1. The molecule has 0 saturated heterocycles. The van der Waals surface area contributed by atoms with E-state index < -0.39 is 0 Å². The Morgan fingerprint density at radius 2 is 1.22 bits per heavy atom. The predicted octanol–water partition coefficient (Wildman–Crippen LogP) is 7.61. The van der Waals surface area contributed by atoms with Crippen LogP contribution in [0.5, 0.6) is 0 Å². The number of aromatic nitrogens is 1. The highest BCUT2D eigenvalue weighted by Gasteiger charge is 2.16. The molecule has 160 valence electrons. The Bertz CT molecular complexity index is 1240. The van der Waals surface area contributed by atoms with E-state index in [1.165, 1.54) is 33.6 Å². The summed E-state index contributed by atoms with van der Waals surface area (Å²) in [6.45, 7) is 0. The van der Waals surface area contributed by atoms with Crippen LogP contribution in [-0.4, -0.2) is 14.1 Å². The molecule has 0 spiro atoms. The molecule has 0 radical (unpaired) electrons. The van der Waals surface area contributed by atoms with Crippen molar-refractivity contribution in [1.29, 1.82) is 0 Å². The van der Waals surface area contributed by atoms with Crippen molar-refractivity contribution in [1.82, 2.24) is 0 Å². The summed E-state index contributed by atoms with van der Waals surface area (Å²) in [5.41, 5.74) is 8.24. The van der Waals surface area contributed by atoms with Crippen LogP contribution in [0.1, 0.15) is 11.3 Å². The van der Waals surface area contributed by atoms with E-state index in [4.69, 9.17) is 0 Å². The second-order valence-corrected chi connectivity index (χ2v) is 9.78. The van der Waals surface area contributed by atoms with Gasteiger partial charge >= 0.3 is 0 Å². The molecule has 0 aliphatic heterocycles. The number of nitrogens with zero attached hydrogens (tertiary/aromatic N) is 2. The lowest BCUT2D eigenvalue weighted by atomic mass is 10.0. The van der Waals surface area contributed by atoms with E-state index in [0.29, 0.717) is 0 Å². The number of pyridine rings is 1. The first kappa shape index (κ1) is 22.5. The van der Waals surface area contributed by atoms with Crippen molar-refractivity contribution in [3.63, 3.8) is 0 Å². The minimum absolute atomic E-state index is 1.08. The Morgan fingerprint density at radius 3 is 1.78 bits per heavy atom. The normalized spacial score (nSPS) is 11.2. The highest BCUT2D eigenvalue weighted by molar-refractivity contribution is 9.10. The van der Waals surface area contributed by atoms with Gasteiger partial charge in [0.1, 0.15) is 7.05 Å². The first-order chi connectivity index (χ1) is 15.4. The van der Waals surface area contributed by atoms with Crippen molar-refractivity contribution in [2.24, 2.45) is 7.05 Å². The summed E-state index contributed by atoms with van der Waals surface area (Å²) < 4.78 is 4.41. The van der Waals surface area contributed by atoms with Crippen molar-refractivity contribution in [2.75, 3.05) is 19.0 Å². The van der Waals surface area contributed by atoms with Crippen LogP contribution >= 0.6 is 31.9 Å². The number of hydrogen-bond acceptors (Lipinski definition) is 1. The molecule has 1 heterocycles. The predicted molar refractivity (Wildman–Crippen MR) is 144 cm³/mol. The van der Waals surface area contributed by atoms with Crippen LogP contribution in [0, 0.1) is 0 Å². The molecule has 4 aromatic rings. The molecule has 0 bridgehead atoms. The molecule has 4 heteroatoms. The van der Waals surface area contributed by atoms with Gasteiger partial charge in [0.05, 0.1) is 0 Å². The minimum Gasteiger partial charge on any atom is -0.378 e. The Morgan fingerprint density at radius 1 is 0.656 bits per heavy atom. The summed E-state index contributed by atoms with van der Waals surface area (Å²) in [6.07, 6.45) is 4.36. The fourth-order valence-electron chi connectivity index (χ4n) is 3.61. The van der Waals surface area contributed by atoms with Gasteiger partial charge in [-0.3, -0.25) is 0 Å². The van der Waals surface area contributed by atoms with Gasteiger partial charge in [0.2, 0.25) is 11.4 Å². The highest BCUT2D eigenvalue weighted by atomic mass is 79.9. The van der Waals surface area contributed by atoms with Crippen molar-refractivity contribution >= 4 is 49.7 Å². The standard InChI is InChI=1S/C28H25Br2N2/c1-31(2)26-15-4-20(5-16-26)6-17-27-18-23(21-7-11-24(29)12-8-21)19-28(32(27)3)22-9-13-25(30)14-10-22/h4-19H,1-3H3/q+1. The van der Waals surface area contributed by atoms with E-state index in [-0.39, 0.29) is 0 Å². The maximum atomic E-state index is 3.55.